The van der Waals surface area contributed by atoms with Gasteiger partial charge in [0.2, 0.25) is 0 Å². The van der Waals surface area contributed by atoms with Crippen LogP contribution in [0.25, 0.3) is 11.4 Å². The number of hydrogen-bond acceptors (Lipinski definition) is 4. The van der Waals surface area contributed by atoms with Gasteiger partial charge in [-0.1, -0.05) is 0 Å². The monoisotopic (exact) mass is 302 g/mol. The van der Waals surface area contributed by atoms with Gasteiger partial charge in [0.25, 0.3) is 0 Å². The molecule has 0 amide bonds. The highest BCUT2D eigenvalue weighted by molar-refractivity contribution is 5.75. The number of rotatable bonds is 2. The number of hydrogen-bond donors (Lipinski definition) is 1. The summed E-state index contributed by atoms with van der Waals surface area (Å²) >= 11 is 0. The molecule has 5 nitrogen and oxygen atoms in total. The van der Waals surface area contributed by atoms with Crippen LogP contribution in [0.4, 0.5) is 10.2 Å². The van der Waals surface area contributed by atoms with Crippen molar-refractivity contribution in [3.05, 3.63) is 29.2 Å². The summed E-state index contributed by atoms with van der Waals surface area (Å²) in [6.45, 7) is 4.45. The summed E-state index contributed by atoms with van der Waals surface area (Å²) in [5, 5.41) is 0. The minimum atomic E-state index is -0.770. The second-order valence-corrected chi connectivity index (χ2v) is 5.97. The highest BCUT2D eigenvalue weighted by atomic mass is 19.1. The summed E-state index contributed by atoms with van der Waals surface area (Å²) in [5.74, 6) is 1.64. The Morgan fingerprint density at radius 3 is 3.14 bits per heavy atom. The fourth-order valence-corrected chi connectivity index (χ4v) is 3.22. The first kappa shape index (κ1) is 13.7. The van der Waals surface area contributed by atoms with Gasteiger partial charge >= 0.3 is 0 Å². The second-order valence-electron chi connectivity index (χ2n) is 5.97. The molecule has 116 valence electrons. The fraction of sp³-hybridized carbons (Fsp3) is 0.500. The molecule has 1 N–H and O–H groups in total. The van der Waals surface area contributed by atoms with E-state index in [9.17, 15) is 4.39 Å². The fourth-order valence-electron chi connectivity index (χ4n) is 3.22. The van der Waals surface area contributed by atoms with Gasteiger partial charge in [-0.05, 0) is 25.0 Å². The molecule has 2 aliphatic heterocycles. The molecule has 4 rings (SSSR count). The number of anilines is 1. The van der Waals surface area contributed by atoms with Gasteiger partial charge in [-0.3, -0.25) is 0 Å². The zero-order valence-electron chi connectivity index (χ0n) is 12.6. The van der Waals surface area contributed by atoms with Crippen LogP contribution in [0.3, 0.4) is 0 Å². The molecule has 1 unspecified atom stereocenters. The van der Waals surface area contributed by atoms with Crippen molar-refractivity contribution in [3.63, 3.8) is 0 Å². The van der Waals surface area contributed by atoms with E-state index in [1.807, 2.05) is 17.9 Å². The molecule has 1 fully saturated rings. The van der Waals surface area contributed by atoms with Crippen molar-refractivity contribution < 1.29 is 9.13 Å². The Balaban J connectivity index is 1.79. The van der Waals surface area contributed by atoms with Crippen molar-refractivity contribution >= 4 is 5.82 Å². The highest BCUT2D eigenvalue weighted by Gasteiger charge is 2.27. The predicted molar refractivity (Wildman–Crippen MR) is 81.6 cm³/mol. The smallest absolute Gasteiger partial charge is 0.141 e. The van der Waals surface area contributed by atoms with Crippen LogP contribution in [-0.2, 0) is 17.8 Å². The van der Waals surface area contributed by atoms with E-state index in [1.54, 1.807) is 6.20 Å². The zero-order valence-corrected chi connectivity index (χ0v) is 12.6. The molecule has 1 atom stereocenters. The molecule has 0 saturated carbocycles. The molecule has 0 aliphatic carbocycles. The minimum Gasteiger partial charge on any atom is -0.375 e. The maximum atomic E-state index is 13.6. The van der Waals surface area contributed by atoms with Gasteiger partial charge in [0.1, 0.15) is 17.8 Å². The lowest BCUT2D eigenvalue weighted by atomic mass is 10.1. The SMILES string of the molecule is Cc1ccnc(N2CCC(F)C2)c1-c1nc2c([nH]1)COCC2. The van der Waals surface area contributed by atoms with Crippen LogP contribution in [0.15, 0.2) is 12.3 Å². The number of nitrogens with zero attached hydrogens (tertiary/aromatic N) is 3. The molecule has 2 aliphatic rings. The van der Waals surface area contributed by atoms with Crippen LogP contribution >= 0.6 is 0 Å². The third-order valence-corrected chi connectivity index (χ3v) is 4.40. The normalized spacial score (nSPS) is 21.2. The van der Waals surface area contributed by atoms with Crippen LogP contribution in [0, 0.1) is 6.92 Å². The van der Waals surface area contributed by atoms with Gasteiger partial charge in [0.15, 0.2) is 0 Å². The van der Waals surface area contributed by atoms with E-state index in [4.69, 9.17) is 9.72 Å². The number of fused-ring (bicyclic) bond motifs is 1. The van der Waals surface area contributed by atoms with Crippen molar-refractivity contribution in [2.45, 2.75) is 32.5 Å². The third-order valence-electron chi connectivity index (χ3n) is 4.40. The Hall–Kier alpha value is -1.95. The first-order chi connectivity index (χ1) is 10.7. The van der Waals surface area contributed by atoms with Crippen molar-refractivity contribution in [1.29, 1.82) is 0 Å². The summed E-state index contributed by atoms with van der Waals surface area (Å²) < 4.78 is 19.0. The average Bonchev–Trinajstić information content (AvgIpc) is 3.12. The van der Waals surface area contributed by atoms with Gasteiger partial charge in [-0.25, -0.2) is 14.4 Å². The quantitative estimate of drug-likeness (QED) is 0.925. The average molecular weight is 302 g/mol. The molecule has 6 heteroatoms. The van der Waals surface area contributed by atoms with Crippen LogP contribution in [0.1, 0.15) is 23.4 Å². The predicted octanol–water partition coefficient (Wildman–Crippen LogP) is 2.40. The topological polar surface area (TPSA) is 54.0 Å². The molecule has 1 saturated heterocycles. The molecule has 2 aromatic heterocycles. The molecule has 0 bridgehead atoms. The van der Waals surface area contributed by atoms with E-state index in [0.29, 0.717) is 32.7 Å². The van der Waals surface area contributed by atoms with Gasteiger partial charge < -0.3 is 14.6 Å². The highest BCUT2D eigenvalue weighted by Crippen LogP contribution is 2.33. The number of H-pyrrole nitrogens is 1. The Morgan fingerprint density at radius 2 is 2.36 bits per heavy atom. The van der Waals surface area contributed by atoms with Crippen LogP contribution in [-0.4, -0.2) is 40.8 Å². The Kier molecular flexibility index (Phi) is 3.33. The van der Waals surface area contributed by atoms with Gasteiger partial charge in [-0.15, -0.1) is 0 Å². The number of halogens is 1. The van der Waals surface area contributed by atoms with Crippen LogP contribution < -0.4 is 4.90 Å². The van der Waals surface area contributed by atoms with E-state index in [-0.39, 0.29) is 0 Å². The first-order valence-corrected chi connectivity index (χ1v) is 7.73. The summed E-state index contributed by atoms with van der Waals surface area (Å²) in [6, 6.07) is 1.97. The number of alkyl halides is 1. The molecule has 0 radical (unpaired) electrons. The molecule has 0 spiro atoms. The van der Waals surface area contributed by atoms with E-state index in [1.165, 1.54) is 0 Å². The lowest BCUT2D eigenvalue weighted by Crippen LogP contribution is -2.22. The summed E-state index contributed by atoms with van der Waals surface area (Å²) in [7, 11) is 0. The Labute approximate surface area is 128 Å². The first-order valence-electron chi connectivity index (χ1n) is 7.73. The third kappa shape index (κ3) is 2.27. The molecule has 0 aromatic carbocycles. The maximum Gasteiger partial charge on any atom is 0.141 e. The number of pyridine rings is 1. The number of imidazole rings is 1. The number of aryl methyl sites for hydroxylation is 1. The van der Waals surface area contributed by atoms with Crippen molar-refractivity contribution in [2.24, 2.45) is 0 Å². The van der Waals surface area contributed by atoms with Gasteiger partial charge in [0.05, 0.1) is 36.7 Å². The van der Waals surface area contributed by atoms with Crippen molar-refractivity contribution in [3.8, 4) is 11.4 Å². The molecular formula is C16H19FN4O. The number of nitrogens with one attached hydrogen (secondary N) is 1. The molecule has 4 heterocycles. The Bertz CT molecular complexity index is 676. The number of ether oxygens (including phenoxy) is 1. The van der Waals surface area contributed by atoms with Gasteiger partial charge in [0, 0.05) is 19.2 Å². The lowest BCUT2D eigenvalue weighted by Gasteiger charge is -2.20. The summed E-state index contributed by atoms with van der Waals surface area (Å²) in [5.41, 5.74) is 4.19. The molecular weight excluding hydrogens is 283 g/mol. The molecule has 2 aromatic rings. The summed E-state index contributed by atoms with van der Waals surface area (Å²) in [4.78, 5) is 14.6. The lowest BCUT2D eigenvalue weighted by molar-refractivity contribution is 0.107. The zero-order chi connectivity index (χ0) is 15.1. The van der Waals surface area contributed by atoms with Crippen molar-refractivity contribution in [1.82, 2.24) is 15.0 Å². The maximum absolute atomic E-state index is 13.6. The minimum absolute atomic E-state index is 0.410. The van der Waals surface area contributed by atoms with Crippen LogP contribution in [0.2, 0.25) is 0 Å². The second kappa shape index (κ2) is 5.35. The van der Waals surface area contributed by atoms with E-state index in [0.717, 1.165) is 40.6 Å². The van der Waals surface area contributed by atoms with Crippen molar-refractivity contribution in [2.75, 3.05) is 24.6 Å². The van der Waals surface area contributed by atoms with E-state index >= 15 is 0 Å². The van der Waals surface area contributed by atoms with Gasteiger partial charge in [-0.2, -0.15) is 0 Å². The standard InChI is InChI=1S/C16H19FN4O/c1-10-2-5-18-16(21-6-3-11(17)8-21)14(10)15-19-12-4-7-22-9-13(12)20-15/h2,5,11H,3-4,6-9H2,1H3,(H,19,20). The van der Waals surface area contributed by atoms with Crippen LogP contribution in [0.5, 0.6) is 0 Å². The Morgan fingerprint density at radius 1 is 1.45 bits per heavy atom. The largest absolute Gasteiger partial charge is 0.375 e. The molecule has 22 heavy (non-hydrogen) atoms. The number of aromatic amines is 1. The number of aromatic nitrogens is 3. The van der Waals surface area contributed by atoms with E-state index in [2.05, 4.69) is 9.97 Å². The van der Waals surface area contributed by atoms with E-state index < -0.39 is 6.17 Å². The summed E-state index contributed by atoms with van der Waals surface area (Å²) in [6.07, 6.45) is 2.41.